The number of carbonyl (C=O) groups is 2. The highest BCUT2D eigenvalue weighted by molar-refractivity contribution is 5.83. The topological polar surface area (TPSA) is 70.7 Å². The summed E-state index contributed by atoms with van der Waals surface area (Å²) in [7, 11) is 1.60. The van der Waals surface area contributed by atoms with Crippen LogP contribution in [-0.4, -0.2) is 56.2 Å². The van der Waals surface area contributed by atoms with Gasteiger partial charge in [-0.05, 0) is 24.8 Å². The summed E-state index contributed by atoms with van der Waals surface area (Å²) in [5.41, 5.74) is 1.08. The van der Waals surface area contributed by atoms with Crippen molar-refractivity contribution >= 4 is 11.9 Å². The number of methoxy groups -OCH3 is 1. The Bertz CT molecular complexity index is 542. The molecule has 2 N–H and O–H groups in total. The number of urea groups is 1. The molecule has 1 saturated heterocycles. The largest absolute Gasteiger partial charge is 0.383 e. The molecular formula is C19H29N3O3. The molecule has 6 nitrogen and oxygen atoms in total. The van der Waals surface area contributed by atoms with Crippen LogP contribution in [0.4, 0.5) is 4.79 Å². The Labute approximate surface area is 149 Å². The lowest BCUT2D eigenvalue weighted by Crippen LogP contribution is -2.50. The van der Waals surface area contributed by atoms with Gasteiger partial charge in [-0.3, -0.25) is 4.79 Å². The van der Waals surface area contributed by atoms with E-state index >= 15 is 0 Å². The summed E-state index contributed by atoms with van der Waals surface area (Å²) in [6, 6.07) is 9.90. The molecule has 3 amide bonds. The van der Waals surface area contributed by atoms with Crippen molar-refractivity contribution in [3.63, 3.8) is 0 Å². The molecule has 1 aromatic rings. The third-order valence-electron chi connectivity index (χ3n) is 4.64. The zero-order valence-corrected chi connectivity index (χ0v) is 15.2. The summed E-state index contributed by atoms with van der Waals surface area (Å²) in [5, 5.41) is 5.73. The predicted molar refractivity (Wildman–Crippen MR) is 97.5 cm³/mol. The van der Waals surface area contributed by atoms with Crippen molar-refractivity contribution in [3.8, 4) is 0 Å². The quantitative estimate of drug-likeness (QED) is 0.742. The second-order valence-electron chi connectivity index (χ2n) is 6.36. The number of hydrogen-bond donors (Lipinski definition) is 2. The Balaban J connectivity index is 1.80. The van der Waals surface area contributed by atoms with Crippen LogP contribution in [0.5, 0.6) is 0 Å². The molecule has 0 radical (unpaired) electrons. The van der Waals surface area contributed by atoms with Gasteiger partial charge in [-0.15, -0.1) is 0 Å². The molecule has 25 heavy (non-hydrogen) atoms. The number of piperidine rings is 1. The maximum Gasteiger partial charge on any atom is 0.315 e. The Hall–Kier alpha value is -2.08. The first-order valence-electron chi connectivity index (χ1n) is 9.02. The molecular weight excluding hydrogens is 318 g/mol. The van der Waals surface area contributed by atoms with Crippen molar-refractivity contribution in [1.82, 2.24) is 15.5 Å². The molecule has 1 atom stereocenters. The average molecular weight is 347 g/mol. The van der Waals surface area contributed by atoms with Gasteiger partial charge in [-0.2, -0.15) is 0 Å². The Morgan fingerprint density at radius 1 is 1.24 bits per heavy atom. The van der Waals surface area contributed by atoms with Crippen LogP contribution in [0.2, 0.25) is 0 Å². The van der Waals surface area contributed by atoms with Gasteiger partial charge in [0.15, 0.2) is 0 Å². The summed E-state index contributed by atoms with van der Waals surface area (Å²) in [5.74, 6) is 0.111. The van der Waals surface area contributed by atoms with Crippen molar-refractivity contribution in [3.05, 3.63) is 35.9 Å². The first-order valence-corrected chi connectivity index (χ1v) is 9.02. The van der Waals surface area contributed by atoms with Crippen LogP contribution in [0.25, 0.3) is 0 Å². The number of amides is 3. The van der Waals surface area contributed by atoms with Crippen molar-refractivity contribution in [2.45, 2.75) is 38.1 Å². The molecule has 0 aromatic heterocycles. The van der Waals surface area contributed by atoms with E-state index in [2.05, 4.69) is 10.6 Å². The zero-order chi connectivity index (χ0) is 18.1. The second-order valence-corrected chi connectivity index (χ2v) is 6.36. The highest BCUT2D eigenvalue weighted by Crippen LogP contribution is 2.24. The van der Waals surface area contributed by atoms with Gasteiger partial charge >= 0.3 is 6.03 Å². The highest BCUT2D eigenvalue weighted by atomic mass is 16.5. The van der Waals surface area contributed by atoms with Gasteiger partial charge < -0.3 is 20.3 Å². The number of likely N-dealkylation sites (tertiary alicyclic amines) is 1. The van der Waals surface area contributed by atoms with Gasteiger partial charge in [0.1, 0.15) is 0 Å². The van der Waals surface area contributed by atoms with E-state index in [0.717, 1.165) is 24.8 Å². The normalized spacial score (nSPS) is 16.3. The Morgan fingerprint density at radius 3 is 2.52 bits per heavy atom. The maximum absolute atomic E-state index is 12.8. The van der Waals surface area contributed by atoms with E-state index in [1.54, 1.807) is 7.11 Å². The molecule has 1 heterocycles. The van der Waals surface area contributed by atoms with Gasteiger partial charge in [0, 0.05) is 32.8 Å². The smallest absolute Gasteiger partial charge is 0.315 e. The summed E-state index contributed by atoms with van der Waals surface area (Å²) < 4.78 is 4.91. The number of nitrogens with one attached hydrogen (secondary N) is 2. The van der Waals surface area contributed by atoms with Gasteiger partial charge in [-0.1, -0.05) is 37.3 Å². The lowest BCUT2D eigenvalue weighted by atomic mass is 9.93. The molecule has 1 aliphatic heterocycles. The van der Waals surface area contributed by atoms with Crippen LogP contribution in [-0.2, 0) is 9.53 Å². The summed E-state index contributed by atoms with van der Waals surface area (Å²) >= 11 is 0. The maximum atomic E-state index is 12.8. The second kappa shape index (κ2) is 10.0. The minimum Gasteiger partial charge on any atom is -0.383 e. The van der Waals surface area contributed by atoms with E-state index in [-0.39, 0.29) is 23.9 Å². The molecule has 0 spiro atoms. The van der Waals surface area contributed by atoms with Crippen molar-refractivity contribution in [2.24, 2.45) is 0 Å². The fourth-order valence-corrected chi connectivity index (χ4v) is 3.21. The first-order chi connectivity index (χ1) is 12.2. The lowest BCUT2D eigenvalue weighted by molar-refractivity contribution is -0.134. The van der Waals surface area contributed by atoms with Crippen LogP contribution in [0, 0.1) is 0 Å². The highest BCUT2D eigenvalue weighted by Gasteiger charge is 2.28. The number of nitrogens with zero attached hydrogens (tertiary/aromatic N) is 1. The van der Waals surface area contributed by atoms with Crippen LogP contribution >= 0.6 is 0 Å². The fraction of sp³-hybridized carbons (Fsp3) is 0.579. The zero-order valence-electron chi connectivity index (χ0n) is 15.2. The molecule has 0 aliphatic carbocycles. The van der Waals surface area contributed by atoms with Crippen molar-refractivity contribution in [2.75, 3.05) is 33.4 Å². The molecule has 1 unspecified atom stereocenters. The van der Waals surface area contributed by atoms with E-state index in [1.807, 2.05) is 42.2 Å². The summed E-state index contributed by atoms with van der Waals surface area (Å²) in [4.78, 5) is 26.6. The number of carbonyl (C=O) groups excluding carboxylic acids is 2. The van der Waals surface area contributed by atoms with Gasteiger partial charge in [0.25, 0.3) is 0 Å². The summed E-state index contributed by atoms with van der Waals surface area (Å²) in [6.07, 6.45) is 2.37. The standard InChI is InChI=1S/C19H29N3O3/c1-3-17(15-7-5-4-6-8-15)18(23)22-12-9-16(10-13-22)21-19(24)20-11-14-25-2/h4-8,16-17H,3,9-14H2,1-2H3,(H2,20,21,24). The monoisotopic (exact) mass is 347 g/mol. The van der Waals surface area contributed by atoms with Crippen molar-refractivity contribution < 1.29 is 14.3 Å². The third kappa shape index (κ3) is 5.74. The Morgan fingerprint density at radius 2 is 1.92 bits per heavy atom. The van der Waals surface area contributed by atoms with Crippen LogP contribution in [0.3, 0.4) is 0 Å². The van der Waals surface area contributed by atoms with Crippen molar-refractivity contribution in [1.29, 1.82) is 0 Å². The molecule has 1 aromatic carbocycles. The average Bonchev–Trinajstić information content (AvgIpc) is 2.64. The molecule has 6 heteroatoms. The fourth-order valence-electron chi connectivity index (χ4n) is 3.21. The molecule has 1 aliphatic rings. The minimum absolute atomic E-state index is 0.0805. The molecule has 2 rings (SSSR count). The SMILES string of the molecule is CCC(C(=O)N1CCC(NC(=O)NCCOC)CC1)c1ccccc1. The minimum atomic E-state index is -0.169. The number of ether oxygens (including phenoxy) is 1. The van der Waals surface area contributed by atoms with Crippen LogP contribution in [0.1, 0.15) is 37.7 Å². The Kier molecular flexibility index (Phi) is 7.73. The first kappa shape index (κ1) is 19.2. The van der Waals surface area contributed by atoms with E-state index in [0.29, 0.717) is 26.2 Å². The number of benzene rings is 1. The van der Waals surface area contributed by atoms with Crippen LogP contribution < -0.4 is 10.6 Å². The third-order valence-corrected chi connectivity index (χ3v) is 4.64. The lowest BCUT2D eigenvalue weighted by Gasteiger charge is -2.34. The molecule has 0 bridgehead atoms. The molecule has 1 fully saturated rings. The van der Waals surface area contributed by atoms with E-state index in [4.69, 9.17) is 4.74 Å². The number of hydrogen-bond acceptors (Lipinski definition) is 3. The predicted octanol–water partition coefficient (Wildman–Crippen LogP) is 2.12. The van der Waals surface area contributed by atoms with Gasteiger partial charge in [-0.25, -0.2) is 4.79 Å². The van der Waals surface area contributed by atoms with Gasteiger partial charge in [0.2, 0.25) is 5.91 Å². The molecule has 0 saturated carbocycles. The van der Waals surface area contributed by atoms with E-state index in [1.165, 1.54) is 0 Å². The van der Waals surface area contributed by atoms with E-state index < -0.39 is 0 Å². The van der Waals surface area contributed by atoms with E-state index in [9.17, 15) is 9.59 Å². The summed E-state index contributed by atoms with van der Waals surface area (Å²) in [6.45, 7) is 4.41. The van der Waals surface area contributed by atoms with Crippen LogP contribution in [0.15, 0.2) is 30.3 Å². The van der Waals surface area contributed by atoms with Gasteiger partial charge in [0.05, 0.1) is 12.5 Å². The number of rotatable bonds is 7. The molecule has 138 valence electrons.